The van der Waals surface area contributed by atoms with Gasteiger partial charge in [-0.25, -0.2) is 4.79 Å². The van der Waals surface area contributed by atoms with Crippen LogP contribution in [0.5, 0.6) is 0 Å². The SMILES string of the molecule is CCN(CC)C(=O)OCNC. The molecule has 0 fully saturated rings. The smallest absolute Gasteiger partial charge is 0.411 e. The van der Waals surface area contributed by atoms with E-state index in [1.807, 2.05) is 13.8 Å². The molecular formula is C7H16N2O2. The van der Waals surface area contributed by atoms with Gasteiger partial charge in [0, 0.05) is 13.1 Å². The van der Waals surface area contributed by atoms with Gasteiger partial charge in [0.15, 0.2) is 0 Å². The highest BCUT2D eigenvalue weighted by atomic mass is 16.6. The second-order valence-corrected chi connectivity index (χ2v) is 2.08. The summed E-state index contributed by atoms with van der Waals surface area (Å²) in [5.41, 5.74) is 0. The van der Waals surface area contributed by atoms with Crippen LogP contribution in [0.2, 0.25) is 0 Å². The zero-order chi connectivity index (χ0) is 8.69. The van der Waals surface area contributed by atoms with Crippen molar-refractivity contribution < 1.29 is 9.53 Å². The number of nitrogens with zero attached hydrogens (tertiary/aromatic N) is 1. The molecule has 0 aromatic heterocycles. The van der Waals surface area contributed by atoms with E-state index >= 15 is 0 Å². The van der Waals surface area contributed by atoms with Crippen molar-refractivity contribution >= 4 is 6.09 Å². The number of carbonyl (C=O) groups excluding carboxylic acids is 1. The average Bonchev–Trinajstić information content (AvgIpc) is 2.03. The van der Waals surface area contributed by atoms with Crippen LogP contribution in [-0.2, 0) is 4.74 Å². The molecule has 4 heteroatoms. The van der Waals surface area contributed by atoms with Crippen molar-refractivity contribution in [2.24, 2.45) is 0 Å². The second kappa shape index (κ2) is 5.97. The molecule has 4 nitrogen and oxygen atoms in total. The molecule has 11 heavy (non-hydrogen) atoms. The third kappa shape index (κ3) is 3.83. The summed E-state index contributed by atoms with van der Waals surface area (Å²) in [6.07, 6.45) is -0.260. The second-order valence-electron chi connectivity index (χ2n) is 2.08. The Labute approximate surface area is 67.5 Å². The van der Waals surface area contributed by atoms with Crippen LogP contribution < -0.4 is 5.32 Å². The third-order valence-electron chi connectivity index (χ3n) is 1.36. The zero-order valence-electron chi connectivity index (χ0n) is 7.39. The van der Waals surface area contributed by atoms with Crippen LogP contribution in [0.25, 0.3) is 0 Å². The molecule has 0 aliphatic heterocycles. The van der Waals surface area contributed by atoms with Crippen molar-refractivity contribution in [3.8, 4) is 0 Å². The minimum absolute atomic E-state index is 0.260. The number of nitrogens with one attached hydrogen (secondary N) is 1. The molecule has 1 N–H and O–H groups in total. The summed E-state index contributed by atoms with van der Waals surface area (Å²) < 4.78 is 4.81. The Balaban J connectivity index is 3.61. The van der Waals surface area contributed by atoms with Gasteiger partial charge < -0.3 is 9.64 Å². The molecule has 66 valence electrons. The van der Waals surface area contributed by atoms with Crippen LogP contribution in [0.3, 0.4) is 0 Å². The molecule has 0 aromatic rings. The van der Waals surface area contributed by atoms with Crippen LogP contribution in [0, 0.1) is 0 Å². The van der Waals surface area contributed by atoms with E-state index in [2.05, 4.69) is 5.32 Å². The normalized spacial score (nSPS) is 9.36. The molecule has 0 bridgehead atoms. The van der Waals surface area contributed by atoms with E-state index in [4.69, 9.17) is 4.74 Å². The van der Waals surface area contributed by atoms with Crippen molar-refractivity contribution in [1.82, 2.24) is 10.2 Å². The Hall–Kier alpha value is -0.770. The van der Waals surface area contributed by atoms with Crippen molar-refractivity contribution in [2.45, 2.75) is 13.8 Å². The third-order valence-corrected chi connectivity index (χ3v) is 1.36. The molecule has 0 spiro atoms. The van der Waals surface area contributed by atoms with Gasteiger partial charge in [-0.2, -0.15) is 0 Å². The van der Waals surface area contributed by atoms with Gasteiger partial charge in [-0.3, -0.25) is 5.32 Å². The first-order valence-electron chi connectivity index (χ1n) is 3.82. The fraction of sp³-hybridized carbons (Fsp3) is 0.857. The maximum absolute atomic E-state index is 11.0. The molecule has 0 aliphatic rings. The van der Waals surface area contributed by atoms with Crippen molar-refractivity contribution in [3.05, 3.63) is 0 Å². The Morgan fingerprint density at radius 3 is 2.36 bits per heavy atom. The van der Waals surface area contributed by atoms with E-state index in [0.29, 0.717) is 13.1 Å². The molecule has 0 rings (SSSR count). The summed E-state index contributed by atoms with van der Waals surface area (Å²) >= 11 is 0. The van der Waals surface area contributed by atoms with Crippen molar-refractivity contribution in [2.75, 3.05) is 26.9 Å². The van der Waals surface area contributed by atoms with Gasteiger partial charge in [-0.15, -0.1) is 0 Å². The highest BCUT2D eigenvalue weighted by Gasteiger charge is 2.08. The van der Waals surface area contributed by atoms with Gasteiger partial charge in [0.25, 0.3) is 0 Å². The molecule has 1 amide bonds. The fourth-order valence-corrected chi connectivity index (χ4v) is 0.707. The minimum Gasteiger partial charge on any atom is -0.433 e. The highest BCUT2D eigenvalue weighted by molar-refractivity contribution is 5.67. The summed E-state index contributed by atoms with van der Waals surface area (Å²) in [5.74, 6) is 0. The summed E-state index contributed by atoms with van der Waals surface area (Å²) in [6, 6.07) is 0. The van der Waals surface area contributed by atoms with Crippen molar-refractivity contribution in [3.63, 3.8) is 0 Å². The monoisotopic (exact) mass is 160 g/mol. The predicted octanol–water partition coefficient (Wildman–Crippen LogP) is 0.642. The van der Waals surface area contributed by atoms with Gasteiger partial charge in [0.1, 0.15) is 6.73 Å². The van der Waals surface area contributed by atoms with Crippen LogP contribution in [-0.4, -0.2) is 37.9 Å². The number of amides is 1. The topological polar surface area (TPSA) is 41.6 Å². The molecule has 0 heterocycles. The number of carbonyl (C=O) groups is 1. The van der Waals surface area contributed by atoms with E-state index in [-0.39, 0.29) is 12.8 Å². The lowest BCUT2D eigenvalue weighted by atomic mass is 10.6. The van der Waals surface area contributed by atoms with E-state index in [1.165, 1.54) is 0 Å². The quantitative estimate of drug-likeness (QED) is 0.614. The van der Waals surface area contributed by atoms with Gasteiger partial charge in [0.05, 0.1) is 0 Å². The Bertz CT molecular complexity index is 113. The van der Waals surface area contributed by atoms with Crippen LogP contribution >= 0.6 is 0 Å². The number of hydrogen-bond donors (Lipinski definition) is 1. The maximum Gasteiger partial charge on any atom is 0.411 e. The molecule has 0 unspecified atom stereocenters. The Morgan fingerprint density at radius 2 is 2.00 bits per heavy atom. The standard InChI is InChI=1S/C7H16N2O2/c1-4-9(5-2)7(10)11-6-8-3/h8H,4-6H2,1-3H3. The largest absolute Gasteiger partial charge is 0.433 e. The van der Waals surface area contributed by atoms with E-state index < -0.39 is 0 Å². The highest BCUT2D eigenvalue weighted by Crippen LogP contribution is 1.91. The van der Waals surface area contributed by atoms with Gasteiger partial charge in [-0.05, 0) is 20.9 Å². The Kier molecular flexibility index (Phi) is 5.56. The van der Waals surface area contributed by atoms with Crippen LogP contribution in [0.15, 0.2) is 0 Å². The number of hydrogen-bond acceptors (Lipinski definition) is 3. The van der Waals surface area contributed by atoms with E-state index in [9.17, 15) is 4.79 Å². The minimum atomic E-state index is -0.260. The van der Waals surface area contributed by atoms with Crippen LogP contribution in [0.4, 0.5) is 4.79 Å². The van der Waals surface area contributed by atoms with Gasteiger partial charge in [-0.1, -0.05) is 0 Å². The maximum atomic E-state index is 11.0. The molecule has 0 saturated carbocycles. The number of rotatable bonds is 4. The average molecular weight is 160 g/mol. The van der Waals surface area contributed by atoms with E-state index in [0.717, 1.165) is 0 Å². The van der Waals surface area contributed by atoms with E-state index in [1.54, 1.807) is 11.9 Å². The number of ether oxygens (including phenoxy) is 1. The first-order valence-corrected chi connectivity index (χ1v) is 3.82. The first kappa shape index (κ1) is 10.2. The Morgan fingerprint density at radius 1 is 1.45 bits per heavy atom. The summed E-state index contributed by atoms with van der Waals surface area (Å²) in [6.45, 7) is 5.50. The zero-order valence-corrected chi connectivity index (χ0v) is 7.39. The van der Waals surface area contributed by atoms with Gasteiger partial charge >= 0.3 is 6.09 Å². The lowest BCUT2D eigenvalue weighted by Gasteiger charge is -2.17. The fourth-order valence-electron chi connectivity index (χ4n) is 0.707. The lowest BCUT2D eigenvalue weighted by Crippen LogP contribution is -2.33. The molecule has 0 aliphatic carbocycles. The lowest BCUT2D eigenvalue weighted by molar-refractivity contribution is 0.101. The molecular weight excluding hydrogens is 144 g/mol. The predicted molar refractivity (Wildman–Crippen MR) is 43.3 cm³/mol. The van der Waals surface area contributed by atoms with Crippen LogP contribution in [0.1, 0.15) is 13.8 Å². The molecule has 0 saturated heterocycles. The molecule has 0 radical (unpaired) electrons. The summed E-state index contributed by atoms with van der Waals surface area (Å²) in [4.78, 5) is 12.7. The first-order chi connectivity index (χ1) is 5.26. The summed E-state index contributed by atoms with van der Waals surface area (Å²) in [7, 11) is 1.73. The van der Waals surface area contributed by atoms with Crippen molar-refractivity contribution in [1.29, 1.82) is 0 Å². The summed E-state index contributed by atoms with van der Waals surface area (Å²) in [5, 5.41) is 2.73. The molecule has 0 aromatic carbocycles. The van der Waals surface area contributed by atoms with Gasteiger partial charge in [0.2, 0.25) is 0 Å². The molecule has 0 atom stereocenters.